The minimum atomic E-state index is -0.324. The van der Waals surface area contributed by atoms with Crippen LogP contribution in [0.1, 0.15) is 16.1 Å². The molecule has 0 fully saturated rings. The number of benzene rings is 2. The third kappa shape index (κ3) is 6.05. The van der Waals surface area contributed by atoms with Gasteiger partial charge in [0.2, 0.25) is 5.91 Å². The zero-order chi connectivity index (χ0) is 22.2. The van der Waals surface area contributed by atoms with Crippen molar-refractivity contribution in [3.05, 3.63) is 70.3 Å². The number of carbonyl (C=O) groups excluding carboxylic acids is 2. The second-order valence-corrected chi connectivity index (χ2v) is 7.45. The maximum atomic E-state index is 12.4. The third-order valence-corrected chi connectivity index (χ3v) is 4.91. The van der Waals surface area contributed by atoms with E-state index in [2.05, 4.69) is 31.5 Å². The Bertz CT molecular complexity index is 1130. The molecule has 0 atom stereocenters. The van der Waals surface area contributed by atoms with Gasteiger partial charge in [0, 0.05) is 35.1 Å². The maximum Gasteiger partial charge on any atom is 0.269 e. The summed E-state index contributed by atoms with van der Waals surface area (Å²) in [6, 6.07) is 14.6. The van der Waals surface area contributed by atoms with Crippen LogP contribution in [0.3, 0.4) is 0 Å². The lowest BCUT2D eigenvalue weighted by Crippen LogP contribution is -2.34. The molecular weight excluding hydrogens is 462 g/mol. The Morgan fingerprint density at radius 2 is 1.74 bits per heavy atom. The van der Waals surface area contributed by atoms with Gasteiger partial charge in [0.15, 0.2) is 11.5 Å². The van der Waals surface area contributed by atoms with E-state index in [-0.39, 0.29) is 24.1 Å². The van der Waals surface area contributed by atoms with Gasteiger partial charge >= 0.3 is 0 Å². The van der Waals surface area contributed by atoms with Gasteiger partial charge in [-0.15, -0.1) is 0 Å². The van der Waals surface area contributed by atoms with E-state index in [0.717, 1.165) is 15.4 Å². The van der Waals surface area contributed by atoms with Crippen molar-refractivity contribution in [1.29, 1.82) is 0 Å². The topological polar surface area (TPSA) is 89.6 Å². The molecule has 2 N–H and O–H groups in total. The molecule has 3 rings (SSSR count). The Labute approximate surface area is 188 Å². The Morgan fingerprint density at radius 1 is 1.00 bits per heavy atom. The fourth-order valence-corrected chi connectivity index (χ4v) is 3.29. The molecule has 31 heavy (non-hydrogen) atoms. The molecule has 1 aromatic heterocycles. The predicted molar refractivity (Wildman–Crippen MR) is 123 cm³/mol. The van der Waals surface area contributed by atoms with E-state index in [9.17, 15) is 9.59 Å². The van der Waals surface area contributed by atoms with E-state index in [1.807, 2.05) is 24.3 Å². The van der Waals surface area contributed by atoms with E-state index in [1.54, 1.807) is 44.6 Å². The second-order valence-electron chi connectivity index (χ2n) is 6.53. The van der Waals surface area contributed by atoms with E-state index < -0.39 is 0 Å². The summed E-state index contributed by atoms with van der Waals surface area (Å²) < 4.78 is 11.5. The first-order valence-corrected chi connectivity index (χ1v) is 10.3. The van der Waals surface area contributed by atoms with Crippen molar-refractivity contribution in [1.82, 2.24) is 15.6 Å². The van der Waals surface area contributed by atoms with Gasteiger partial charge in [0.25, 0.3) is 5.91 Å². The number of carbonyl (C=O) groups is 2. The number of hydrogen-bond donors (Lipinski definition) is 2. The summed E-state index contributed by atoms with van der Waals surface area (Å²) in [5, 5.41) is 6.31. The highest BCUT2D eigenvalue weighted by atomic mass is 79.9. The molecule has 0 aliphatic heterocycles. The highest BCUT2D eigenvalue weighted by molar-refractivity contribution is 9.10. The van der Waals surface area contributed by atoms with Gasteiger partial charge in [-0.25, -0.2) is 4.98 Å². The molecule has 0 aliphatic rings. The van der Waals surface area contributed by atoms with Crippen LogP contribution in [0.25, 0.3) is 17.0 Å². The number of nitrogens with zero attached hydrogens (tertiary/aromatic N) is 1. The first kappa shape index (κ1) is 22.3. The first-order chi connectivity index (χ1) is 15.0. The van der Waals surface area contributed by atoms with Crippen molar-refractivity contribution in [3.8, 4) is 11.5 Å². The summed E-state index contributed by atoms with van der Waals surface area (Å²) in [5.41, 5.74) is 1.81. The molecule has 0 bridgehead atoms. The van der Waals surface area contributed by atoms with Crippen LogP contribution in [0.2, 0.25) is 0 Å². The van der Waals surface area contributed by atoms with Gasteiger partial charge < -0.3 is 20.1 Å². The monoisotopic (exact) mass is 483 g/mol. The Kier molecular flexibility index (Phi) is 7.61. The van der Waals surface area contributed by atoms with Gasteiger partial charge in [0.05, 0.1) is 19.7 Å². The SMILES string of the molecule is COc1cc2ccc(C(=O)NCCNC(=O)/C=C/c3cccc(Br)c3)nc2cc1OC. The molecule has 7 nitrogen and oxygen atoms in total. The lowest BCUT2D eigenvalue weighted by molar-refractivity contribution is -0.116. The number of nitrogens with one attached hydrogen (secondary N) is 2. The number of ether oxygens (including phenoxy) is 2. The Morgan fingerprint density at radius 3 is 2.48 bits per heavy atom. The fraction of sp³-hybridized carbons (Fsp3) is 0.174. The van der Waals surface area contributed by atoms with Crippen molar-refractivity contribution in [3.63, 3.8) is 0 Å². The fourth-order valence-electron chi connectivity index (χ4n) is 2.87. The van der Waals surface area contributed by atoms with E-state index in [0.29, 0.717) is 23.6 Å². The lowest BCUT2D eigenvalue weighted by Gasteiger charge is -2.10. The van der Waals surface area contributed by atoms with Gasteiger partial charge in [-0.2, -0.15) is 0 Å². The van der Waals surface area contributed by atoms with Gasteiger partial charge in [-0.3, -0.25) is 9.59 Å². The summed E-state index contributed by atoms with van der Waals surface area (Å²) in [6.45, 7) is 0.576. The Hall–Kier alpha value is -3.39. The van der Waals surface area contributed by atoms with Crippen molar-refractivity contribution in [2.75, 3.05) is 27.3 Å². The smallest absolute Gasteiger partial charge is 0.269 e. The molecular formula is C23H22BrN3O4. The van der Waals surface area contributed by atoms with Crippen molar-refractivity contribution in [2.45, 2.75) is 0 Å². The van der Waals surface area contributed by atoms with Crippen LogP contribution in [0.15, 0.2) is 59.1 Å². The molecule has 0 saturated carbocycles. The largest absolute Gasteiger partial charge is 0.493 e. The summed E-state index contributed by atoms with van der Waals surface area (Å²) in [7, 11) is 3.11. The average Bonchev–Trinajstić information content (AvgIpc) is 2.79. The van der Waals surface area contributed by atoms with Crippen LogP contribution in [-0.2, 0) is 4.79 Å². The van der Waals surface area contributed by atoms with Crippen LogP contribution in [0.4, 0.5) is 0 Å². The molecule has 0 unspecified atom stereocenters. The number of pyridine rings is 1. The standard InChI is InChI=1S/C23H22BrN3O4/c1-30-20-13-16-7-8-18(27-19(16)14-21(20)31-2)23(29)26-11-10-25-22(28)9-6-15-4-3-5-17(24)12-15/h3-9,12-14H,10-11H2,1-2H3,(H,25,28)(H,26,29)/b9-6+. The number of rotatable bonds is 8. The number of methoxy groups -OCH3 is 2. The average molecular weight is 484 g/mol. The molecule has 0 spiro atoms. The summed E-state index contributed by atoms with van der Waals surface area (Å²) >= 11 is 3.39. The minimum Gasteiger partial charge on any atom is -0.493 e. The third-order valence-electron chi connectivity index (χ3n) is 4.41. The summed E-state index contributed by atoms with van der Waals surface area (Å²) in [6.07, 6.45) is 3.18. The molecule has 3 aromatic rings. The number of fused-ring (bicyclic) bond motifs is 1. The zero-order valence-corrected chi connectivity index (χ0v) is 18.7. The van der Waals surface area contributed by atoms with Gasteiger partial charge in [-0.05, 0) is 35.9 Å². The molecule has 0 saturated heterocycles. The van der Waals surface area contributed by atoms with Crippen LogP contribution < -0.4 is 20.1 Å². The van der Waals surface area contributed by atoms with Crippen molar-refractivity contribution < 1.29 is 19.1 Å². The van der Waals surface area contributed by atoms with Gasteiger partial charge in [0.1, 0.15) is 5.69 Å². The van der Waals surface area contributed by atoms with E-state index in [1.165, 1.54) is 6.08 Å². The molecule has 2 aromatic carbocycles. The zero-order valence-electron chi connectivity index (χ0n) is 17.1. The minimum absolute atomic E-state index is 0.237. The normalized spacial score (nSPS) is 10.8. The van der Waals surface area contributed by atoms with E-state index >= 15 is 0 Å². The molecule has 0 radical (unpaired) electrons. The molecule has 8 heteroatoms. The maximum absolute atomic E-state index is 12.4. The van der Waals surface area contributed by atoms with Crippen molar-refractivity contribution in [2.24, 2.45) is 0 Å². The van der Waals surface area contributed by atoms with Crippen molar-refractivity contribution >= 4 is 44.7 Å². The van der Waals surface area contributed by atoms with Crippen LogP contribution in [-0.4, -0.2) is 44.1 Å². The second kappa shape index (κ2) is 10.6. The quantitative estimate of drug-likeness (QED) is 0.377. The van der Waals surface area contributed by atoms with E-state index in [4.69, 9.17) is 9.47 Å². The highest BCUT2D eigenvalue weighted by Crippen LogP contribution is 2.31. The lowest BCUT2D eigenvalue weighted by atomic mass is 10.1. The molecule has 1 heterocycles. The molecule has 0 aliphatic carbocycles. The highest BCUT2D eigenvalue weighted by Gasteiger charge is 2.11. The number of aromatic nitrogens is 1. The molecule has 160 valence electrons. The first-order valence-electron chi connectivity index (χ1n) is 9.52. The number of amides is 2. The Balaban J connectivity index is 1.52. The van der Waals surface area contributed by atoms with Crippen LogP contribution >= 0.6 is 15.9 Å². The number of hydrogen-bond acceptors (Lipinski definition) is 5. The van der Waals surface area contributed by atoms with Crippen LogP contribution in [0.5, 0.6) is 11.5 Å². The summed E-state index contributed by atoms with van der Waals surface area (Å²) in [5.74, 6) is 0.576. The molecule has 2 amide bonds. The number of halogens is 1. The van der Waals surface area contributed by atoms with Gasteiger partial charge in [-0.1, -0.05) is 34.1 Å². The van der Waals surface area contributed by atoms with Crippen LogP contribution in [0, 0.1) is 0 Å². The summed E-state index contributed by atoms with van der Waals surface area (Å²) in [4.78, 5) is 28.7. The predicted octanol–water partition coefficient (Wildman–Crippen LogP) is 3.57.